The van der Waals surface area contributed by atoms with Gasteiger partial charge in [-0.05, 0) is 31.0 Å². The molecular weight excluding hydrogens is 338 g/mol. The summed E-state index contributed by atoms with van der Waals surface area (Å²) >= 11 is 0. The zero-order valence-electron chi connectivity index (χ0n) is 14.5. The number of carbonyl (C=O) groups excluding carboxylic acids is 1. The number of hydrogen-bond acceptors (Lipinski definition) is 6. The first kappa shape index (κ1) is 19.2. The van der Waals surface area contributed by atoms with Crippen molar-refractivity contribution in [3.8, 4) is 5.75 Å². The van der Waals surface area contributed by atoms with Crippen molar-refractivity contribution in [1.29, 1.82) is 0 Å². The van der Waals surface area contributed by atoms with Crippen LogP contribution in [0.4, 0.5) is 5.69 Å². The number of aryl methyl sites for hydroxylation is 1. The van der Waals surface area contributed by atoms with Gasteiger partial charge in [-0.25, -0.2) is 0 Å². The molecule has 1 aromatic carbocycles. The predicted octanol–water partition coefficient (Wildman–Crippen LogP) is 2.53. The molecular formula is C18H21N3O5. The first-order chi connectivity index (χ1) is 12.5. The topological polar surface area (TPSA) is 107 Å². The van der Waals surface area contributed by atoms with Gasteiger partial charge in [-0.15, -0.1) is 0 Å². The van der Waals surface area contributed by atoms with Crippen molar-refractivity contribution in [2.45, 2.75) is 26.2 Å². The van der Waals surface area contributed by atoms with Crippen LogP contribution in [0.2, 0.25) is 0 Å². The highest BCUT2D eigenvalue weighted by Crippen LogP contribution is 2.13. The molecule has 26 heavy (non-hydrogen) atoms. The molecule has 1 heterocycles. The van der Waals surface area contributed by atoms with Crippen LogP contribution in [0.1, 0.15) is 25.3 Å². The molecule has 0 saturated carbocycles. The van der Waals surface area contributed by atoms with Gasteiger partial charge in [0.05, 0.1) is 23.8 Å². The summed E-state index contributed by atoms with van der Waals surface area (Å²) in [4.78, 5) is 25.3. The number of rotatable bonds is 9. The first-order valence-corrected chi connectivity index (χ1v) is 8.24. The average Bonchev–Trinajstić information content (AvgIpc) is 2.61. The highest BCUT2D eigenvalue weighted by molar-refractivity contribution is 5.75. The Morgan fingerprint density at radius 1 is 1.31 bits per heavy atom. The quantitative estimate of drug-likeness (QED) is 0.320. The summed E-state index contributed by atoms with van der Waals surface area (Å²) in [6.07, 6.45) is 3.03. The summed E-state index contributed by atoms with van der Waals surface area (Å²) < 4.78 is 6.36. The van der Waals surface area contributed by atoms with Crippen molar-refractivity contribution >= 4 is 11.5 Å². The van der Waals surface area contributed by atoms with E-state index in [-0.39, 0.29) is 17.0 Å². The summed E-state index contributed by atoms with van der Waals surface area (Å²) in [6.45, 7) is 2.36. The second-order valence-electron chi connectivity index (χ2n) is 5.77. The lowest BCUT2D eigenvalue weighted by atomic mass is 10.1. The molecule has 0 amide bonds. The molecule has 8 heteroatoms. The molecule has 0 spiro atoms. The van der Waals surface area contributed by atoms with E-state index in [1.165, 1.54) is 18.3 Å². The van der Waals surface area contributed by atoms with Crippen molar-refractivity contribution in [1.82, 2.24) is 4.73 Å². The normalized spacial score (nSPS) is 11.3. The maximum atomic E-state index is 11.0. The minimum atomic E-state index is -0.539. The maximum Gasteiger partial charge on any atom is 0.274 e. The van der Waals surface area contributed by atoms with Gasteiger partial charge in [-0.1, -0.05) is 12.1 Å². The van der Waals surface area contributed by atoms with Crippen LogP contribution < -0.4 is 10.2 Å². The van der Waals surface area contributed by atoms with Crippen LogP contribution in [-0.2, 0) is 11.2 Å². The summed E-state index contributed by atoms with van der Waals surface area (Å²) in [6, 6.07) is 9.98. The van der Waals surface area contributed by atoms with E-state index in [0.29, 0.717) is 26.0 Å². The summed E-state index contributed by atoms with van der Waals surface area (Å²) in [5.74, 6) is 0.895. The third-order valence-electron chi connectivity index (χ3n) is 3.64. The fourth-order valence-electron chi connectivity index (χ4n) is 2.22. The molecule has 0 atom stereocenters. The molecule has 0 saturated heterocycles. The molecule has 0 aliphatic heterocycles. The zero-order valence-corrected chi connectivity index (χ0v) is 14.5. The third kappa shape index (κ3) is 6.04. The van der Waals surface area contributed by atoms with Gasteiger partial charge in [0.2, 0.25) is 0 Å². The van der Waals surface area contributed by atoms with Crippen LogP contribution in [0, 0.1) is 10.1 Å². The van der Waals surface area contributed by atoms with E-state index in [9.17, 15) is 20.1 Å². The van der Waals surface area contributed by atoms with Gasteiger partial charge >= 0.3 is 0 Å². The minimum Gasteiger partial charge on any atom is -0.494 e. The number of pyridine rings is 1. The third-order valence-corrected chi connectivity index (χ3v) is 3.64. The summed E-state index contributed by atoms with van der Waals surface area (Å²) in [7, 11) is 0. The van der Waals surface area contributed by atoms with Gasteiger partial charge in [0.1, 0.15) is 11.5 Å². The number of nitrogens with zero attached hydrogens (tertiary/aromatic N) is 3. The van der Waals surface area contributed by atoms with Crippen LogP contribution in [0.3, 0.4) is 0 Å². The number of carbonyl (C=O) groups is 1. The first-order valence-electron chi connectivity index (χ1n) is 8.24. The van der Waals surface area contributed by atoms with Crippen LogP contribution >= 0.6 is 0 Å². The fraction of sp³-hybridized carbons (Fsp3) is 0.333. The van der Waals surface area contributed by atoms with E-state index in [2.05, 4.69) is 4.99 Å². The zero-order chi connectivity index (χ0) is 18.9. The van der Waals surface area contributed by atoms with E-state index < -0.39 is 4.92 Å². The van der Waals surface area contributed by atoms with Gasteiger partial charge in [-0.3, -0.25) is 15.1 Å². The largest absolute Gasteiger partial charge is 0.494 e. The number of Topliss-reactive ketones (excluding diaryl/α,β-unsaturated/α-hetero) is 1. The second kappa shape index (κ2) is 9.36. The van der Waals surface area contributed by atoms with Crippen molar-refractivity contribution in [2.24, 2.45) is 4.99 Å². The molecule has 0 aliphatic rings. The van der Waals surface area contributed by atoms with Gasteiger partial charge < -0.3 is 14.7 Å². The molecule has 138 valence electrons. The Morgan fingerprint density at radius 3 is 2.69 bits per heavy atom. The Hall–Kier alpha value is -3.16. The number of nitro groups is 1. The maximum absolute atomic E-state index is 11.0. The van der Waals surface area contributed by atoms with Crippen LogP contribution in [0.15, 0.2) is 47.6 Å². The molecule has 0 radical (unpaired) electrons. The van der Waals surface area contributed by atoms with E-state index in [1.807, 2.05) is 24.3 Å². The van der Waals surface area contributed by atoms with Gasteiger partial charge in [0, 0.05) is 25.5 Å². The number of ketones is 1. The lowest BCUT2D eigenvalue weighted by Crippen LogP contribution is -2.19. The van der Waals surface area contributed by atoms with Crippen LogP contribution in [0.5, 0.6) is 5.75 Å². The smallest absolute Gasteiger partial charge is 0.274 e. The molecule has 0 aliphatic carbocycles. The number of benzene rings is 1. The lowest BCUT2D eigenvalue weighted by molar-refractivity contribution is -0.385. The van der Waals surface area contributed by atoms with E-state index in [1.54, 1.807) is 6.92 Å². The number of hydrogen-bond donors (Lipinski definition) is 1. The Morgan fingerprint density at radius 2 is 2.04 bits per heavy atom. The molecule has 1 aromatic heterocycles. The van der Waals surface area contributed by atoms with Gasteiger partial charge in [0.25, 0.3) is 5.69 Å². The molecule has 2 aromatic rings. The Bertz CT molecular complexity index is 827. The van der Waals surface area contributed by atoms with Crippen molar-refractivity contribution in [3.63, 3.8) is 0 Å². The average molecular weight is 359 g/mol. The summed E-state index contributed by atoms with van der Waals surface area (Å²) in [5.41, 5.74) is 1.07. The fourth-order valence-corrected chi connectivity index (χ4v) is 2.22. The van der Waals surface area contributed by atoms with Gasteiger partial charge in [0.15, 0.2) is 5.49 Å². The molecule has 0 bridgehead atoms. The summed E-state index contributed by atoms with van der Waals surface area (Å²) in [5, 5.41) is 20.3. The standard InChI is InChI=1S/C18H21N3O5/c1-14(22)3-4-15-5-7-17(8-6-15)26-12-2-10-19-18-13-16(21(24)25)9-11-20(18)23/h5-9,11,13,23H,2-4,10,12H2,1H3. The molecule has 2 rings (SSSR count). The second-order valence-corrected chi connectivity index (χ2v) is 5.77. The van der Waals surface area contributed by atoms with Crippen LogP contribution in [0.25, 0.3) is 0 Å². The highest BCUT2D eigenvalue weighted by atomic mass is 16.6. The Labute approximate surface area is 150 Å². The predicted molar refractivity (Wildman–Crippen MR) is 94.3 cm³/mol. The molecule has 8 nitrogen and oxygen atoms in total. The monoisotopic (exact) mass is 359 g/mol. The van der Waals surface area contributed by atoms with E-state index in [0.717, 1.165) is 22.5 Å². The minimum absolute atomic E-state index is 0.119. The van der Waals surface area contributed by atoms with Gasteiger partial charge in [-0.2, -0.15) is 4.73 Å². The Kier molecular flexibility index (Phi) is 6.90. The van der Waals surface area contributed by atoms with Crippen molar-refractivity contribution in [3.05, 3.63) is 63.8 Å². The van der Waals surface area contributed by atoms with E-state index >= 15 is 0 Å². The molecule has 0 fully saturated rings. The number of ether oxygens (including phenoxy) is 1. The molecule has 1 N–H and O–H groups in total. The number of aromatic nitrogens is 1. The molecule has 0 unspecified atom stereocenters. The lowest BCUT2D eigenvalue weighted by Gasteiger charge is -2.06. The SMILES string of the molecule is CC(=O)CCc1ccc(OCCCN=c2cc([N+](=O)[O-])ccn2O)cc1. The van der Waals surface area contributed by atoms with Crippen molar-refractivity contribution < 1.29 is 19.7 Å². The van der Waals surface area contributed by atoms with Crippen molar-refractivity contribution in [2.75, 3.05) is 13.2 Å². The Balaban J connectivity index is 1.81. The van der Waals surface area contributed by atoms with Crippen LogP contribution in [-0.4, -0.2) is 33.8 Å². The van der Waals surface area contributed by atoms with E-state index in [4.69, 9.17) is 4.74 Å². The highest BCUT2D eigenvalue weighted by Gasteiger charge is 2.05.